The van der Waals surface area contributed by atoms with Crippen LogP contribution in [0.4, 0.5) is 0 Å². The van der Waals surface area contributed by atoms with Crippen LogP contribution in [0.15, 0.2) is 12.4 Å². The summed E-state index contributed by atoms with van der Waals surface area (Å²) in [6.07, 6.45) is 3.56. The number of nitrogens with zero attached hydrogens (tertiary/aromatic N) is 2. The molecular weight excluding hydrogens is 228 g/mol. The van der Waals surface area contributed by atoms with Crippen molar-refractivity contribution in [2.45, 2.75) is 25.9 Å². The van der Waals surface area contributed by atoms with Crippen molar-refractivity contribution < 1.29 is 13.5 Å². The molecule has 0 fully saturated rings. The van der Waals surface area contributed by atoms with Gasteiger partial charge in [-0.05, 0) is 12.8 Å². The highest BCUT2D eigenvalue weighted by molar-refractivity contribution is 7.91. The Morgan fingerprint density at radius 2 is 2.25 bits per heavy atom. The highest BCUT2D eigenvalue weighted by Gasteiger charge is 2.14. The van der Waals surface area contributed by atoms with E-state index in [-0.39, 0.29) is 11.5 Å². The van der Waals surface area contributed by atoms with Crippen LogP contribution in [-0.4, -0.2) is 34.6 Å². The van der Waals surface area contributed by atoms with Crippen LogP contribution in [0.2, 0.25) is 0 Å². The Morgan fingerprint density at radius 1 is 1.56 bits per heavy atom. The molecule has 1 heterocycles. The Hall–Kier alpha value is -0.880. The van der Waals surface area contributed by atoms with Crippen LogP contribution < -0.4 is 0 Å². The van der Waals surface area contributed by atoms with Gasteiger partial charge in [0.2, 0.25) is 0 Å². The summed E-state index contributed by atoms with van der Waals surface area (Å²) in [5, 5.41) is 9.78. The van der Waals surface area contributed by atoms with Crippen molar-refractivity contribution in [3.8, 4) is 0 Å². The summed E-state index contributed by atoms with van der Waals surface area (Å²) in [6.45, 7) is 1.63. The number of aromatic nitrogens is 2. The fourth-order valence-electron chi connectivity index (χ4n) is 1.47. The van der Waals surface area contributed by atoms with E-state index in [1.807, 2.05) is 0 Å². The molecule has 0 bridgehead atoms. The van der Waals surface area contributed by atoms with Gasteiger partial charge >= 0.3 is 0 Å². The maximum atomic E-state index is 11.2. The van der Waals surface area contributed by atoms with Crippen LogP contribution in [0.1, 0.15) is 31.7 Å². The van der Waals surface area contributed by atoms with Gasteiger partial charge in [0.15, 0.2) is 0 Å². The molecule has 0 saturated heterocycles. The minimum Gasteiger partial charge on any atom is -0.385 e. The molecule has 0 aliphatic rings. The highest BCUT2D eigenvalue weighted by Crippen LogP contribution is 2.16. The fourth-order valence-corrected chi connectivity index (χ4v) is 2.36. The highest BCUT2D eigenvalue weighted by atomic mass is 32.2. The first-order valence-electron chi connectivity index (χ1n) is 5.32. The second kappa shape index (κ2) is 5.45. The lowest BCUT2D eigenvalue weighted by atomic mass is 10.2. The van der Waals surface area contributed by atoms with Gasteiger partial charge in [0, 0.05) is 25.2 Å². The summed E-state index contributed by atoms with van der Waals surface area (Å²) >= 11 is 0. The van der Waals surface area contributed by atoms with E-state index in [0.717, 1.165) is 0 Å². The van der Waals surface area contributed by atoms with Crippen LogP contribution >= 0.6 is 0 Å². The third kappa shape index (κ3) is 3.61. The SMILES string of the molecule is CCS(=O)(=O)CCCC(O)c1nccn1C. The van der Waals surface area contributed by atoms with Crippen molar-refractivity contribution in [1.29, 1.82) is 0 Å². The molecule has 1 aromatic rings. The number of aliphatic hydroxyl groups excluding tert-OH is 1. The molecule has 1 N–H and O–H groups in total. The summed E-state index contributed by atoms with van der Waals surface area (Å²) in [7, 11) is -1.13. The molecule has 0 amide bonds. The molecule has 6 heteroatoms. The van der Waals surface area contributed by atoms with Crippen molar-refractivity contribution >= 4 is 9.84 Å². The third-order valence-corrected chi connectivity index (χ3v) is 4.32. The summed E-state index contributed by atoms with van der Waals surface area (Å²) in [6, 6.07) is 0. The summed E-state index contributed by atoms with van der Waals surface area (Å²) < 4.78 is 24.2. The summed E-state index contributed by atoms with van der Waals surface area (Å²) in [4.78, 5) is 4.01. The number of sulfone groups is 1. The number of hydrogen-bond acceptors (Lipinski definition) is 4. The largest absolute Gasteiger partial charge is 0.385 e. The first-order chi connectivity index (χ1) is 7.46. The van der Waals surface area contributed by atoms with E-state index in [2.05, 4.69) is 4.98 Å². The van der Waals surface area contributed by atoms with Gasteiger partial charge in [0.25, 0.3) is 0 Å². The second-order valence-electron chi connectivity index (χ2n) is 3.79. The minimum atomic E-state index is -2.93. The van der Waals surface area contributed by atoms with Crippen molar-refractivity contribution in [2.75, 3.05) is 11.5 Å². The average molecular weight is 246 g/mol. The maximum Gasteiger partial charge on any atom is 0.150 e. The molecule has 1 aromatic heterocycles. The Kier molecular flexibility index (Phi) is 4.49. The van der Waals surface area contributed by atoms with E-state index in [0.29, 0.717) is 18.7 Å². The van der Waals surface area contributed by atoms with Gasteiger partial charge in [0.1, 0.15) is 21.8 Å². The molecule has 16 heavy (non-hydrogen) atoms. The van der Waals surface area contributed by atoms with Crippen molar-refractivity contribution in [3.05, 3.63) is 18.2 Å². The minimum absolute atomic E-state index is 0.130. The van der Waals surface area contributed by atoms with Crippen molar-refractivity contribution in [1.82, 2.24) is 9.55 Å². The number of hydrogen-bond donors (Lipinski definition) is 1. The Bertz CT molecular complexity index is 425. The zero-order chi connectivity index (χ0) is 12.2. The predicted octanol–water partition coefficient (Wildman–Crippen LogP) is 0.668. The van der Waals surface area contributed by atoms with Gasteiger partial charge < -0.3 is 9.67 Å². The molecular formula is C10H18N2O3S. The molecule has 0 aromatic carbocycles. The normalized spacial score (nSPS) is 13.9. The van der Waals surface area contributed by atoms with E-state index < -0.39 is 15.9 Å². The van der Waals surface area contributed by atoms with Crippen molar-refractivity contribution in [2.24, 2.45) is 7.05 Å². The summed E-state index contributed by atoms with van der Waals surface area (Å²) in [5.74, 6) is 0.866. The van der Waals surface area contributed by atoms with Crippen LogP contribution in [0.25, 0.3) is 0 Å². The summed E-state index contributed by atoms with van der Waals surface area (Å²) in [5.41, 5.74) is 0. The van der Waals surface area contributed by atoms with Gasteiger partial charge in [-0.1, -0.05) is 6.92 Å². The Labute approximate surface area is 96.0 Å². The third-order valence-electron chi connectivity index (χ3n) is 2.53. The lowest BCUT2D eigenvalue weighted by molar-refractivity contribution is 0.153. The number of aliphatic hydroxyl groups is 1. The monoisotopic (exact) mass is 246 g/mol. The topological polar surface area (TPSA) is 72.2 Å². The number of rotatable bonds is 6. The Morgan fingerprint density at radius 3 is 2.75 bits per heavy atom. The van der Waals surface area contributed by atoms with E-state index in [9.17, 15) is 13.5 Å². The molecule has 0 radical (unpaired) electrons. The molecule has 0 spiro atoms. The van der Waals surface area contributed by atoms with Crippen LogP contribution in [0, 0.1) is 0 Å². The average Bonchev–Trinajstić information content (AvgIpc) is 2.64. The first kappa shape index (κ1) is 13.2. The lowest BCUT2D eigenvalue weighted by Gasteiger charge is -2.10. The molecule has 0 aliphatic carbocycles. The second-order valence-corrected chi connectivity index (χ2v) is 6.26. The first-order valence-corrected chi connectivity index (χ1v) is 7.14. The molecule has 92 valence electrons. The maximum absolute atomic E-state index is 11.2. The molecule has 5 nitrogen and oxygen atoms in total. The van der Waals surface area contributed by atoms with Gasteiger partial charge in [-0.3, -0.25) is 0 Å². The zero-order valence-electron chi connectivity index (χ0n) is 9.63. The molecule has 0 saturated carbocycles. The van der Waals surface area contributed by atoms with E-state index in [1.165, 1.54) is 0 Å². The van der Waals surface area contributed by atoms with E-state index >= 15 is 0 Å². The quantitative estimate of drug-likeness (QED) is 0.800. The van der Waals surface area contributed by atoms with Crippen LogP contribution in [-0.2, 0) is 16.9 Å². The molecule has 0 aliphatic heterocycles. The Balaban J connectivity index is 2.43. The zero-order valence-corrected chi connectivity index (χ0v) is 10.4. The molecule has 1 atom stereocenters. The van der Waals surface area contributed by atoms with E-state index in [4.69, 9.17) is 0 Å². The van der Waals surface area contributed by atoms with Crippen LogP contribution in [0.3, 0.4) is 0 Å². The number of imidazole rings is 1. The van der Waals surface area contributed by atoms with Gasteiger partial charge in [-0.15, -0.1) is 0 Å². The standard InChI is InChI=1S/C10H18N2O3S/c1-3-16(14,15)8-4-5-9(13)10-11-6-7-12(10)2/h6-7,9,13H,3-5,8H2,1-2H3. The molecule has 1 unspecified atom stereocenters. The smallest absolute Gasteiger partial charge is 0.150 e. The van der Waals surface area contributed by atoms with Crippen LogP contribution in [0.5, 0.6) is 0 Å². The lowest BCUT2D eigenvalue weighted by Crippen LogP contribution is -2.11. The van der Waals surface area contributed by atoms with Gasteiger partial charge in [0.05, 0.1) is 5.75 Å². The number of aryl methyl sites for hydroxylation is 1. The van der Waals surface area contributed by atoms with Gasteiger partial charge in [-0.25, -0.2) is 13.4 Å². The van der Waals surface area contributed by atoms with Gasteiger partial charge in [-0.2, -0.15) is 0 Å². The predicted molar refractivity (Wildman–Crippen MR) is 61.7 cm³/mol. The fraction of sp³-hybridized carbons (Fsp3) is 0.700. The van der Waals surface area contributed by atoms with E-state index in [1.54, 1.807) is 30.9 Å². The van der Waals surface area contributed by atoms with Crippen molar-refractivity contribution in [3.63, 3.8) is 0 Å². The molecule has 1 rings (SSSR count).